The summed E-state index contributed by atoms with van der Waals surface area (Å²) in [5, 5.41) is 7.67. The molecule has 1 aliphatic rings. The number of nitrogens with zero attached hydrogens (tertiary/aromatic N) is 1. The number of benzene rings is 1. The number of rotatable bonds is 6. The van der Waals surface area contributed by atoms with Crippen LogP contribution >= 0.6 is 12.2 Å². The van der Waals surface area contributed by atoms with E-state index in [4.69, 9.17) is 26.4 Å². The zero-order valence-corrected chi connectivity index (χ0v) is 13.0. The molecule has 2 rings (SSSR count). The highest BCUT2D eigenvalue weighted by Gasteiger charge is 2.19. The van der Waals surface area contributed by atoms with Crippen molar-refractivity contribution in [1.82, 2.24) is 10.7 Å². The molecular formula is C14H19N3O3S. The molecular weight excluding hydrogens is 290 g/mol. The zero-order chi connectivity index (χ0) is 15.1. The largest absolute Gasteiger partial charge is 0.493 e. The first-order chi connectivity index (χ1) is 10.2. The summed E-state index contributed by atoms with van der Waals surface area (Å²) in [6, 6.07) is 3.66. The van der Waals surface area contributed by atoms with Crippen LogP contribution in [0.3, 0.4) is 0 Å². The summed E-state index contributed by atoms with van der Waals surface area (Å²) in [6.07, 6.45) is 3.85. The number of hydrazone groups is 1. The van der Waals surface area contributed by atoms with Gasteiger partial charge in [-0.3, -0.25) is 5.43 Å². The van der Waals surface area contributed by atoms with E-state index in [-0.39, 0.29) is 6.79 Å². The van der Waals surface area contributed by atoms with E-state index in [0.29, 0.717) is 22.4 Å². The lowest BCUT2D eigenvalue weighted by Gasteiger charge is -2.07. The van der Waals surface area contributed by atoms with Crippen molar-refractivity contribution in [2.45, 2.75) is 19.8 Å². The van der Waals surface area contributed by atoms with Crippen LogP contribution in [0.4, 0.5) is 0 Å². The van der Waals surface area contributed by atoms with E-state index < -0.39 is 0 Å². The Bertz CT molecular complexity index is 534. The Morgan fingerprint density at radius 1 is 1.48 bits per heavy atom. The van der Waals surface area contributed by atoms with Gasteiger partial charge in [0.1, 0.15) is 0 Å². The molecule has 0 amide bonds. The maximum Gasteiger partial charge on any atom is 0.231 e. The third-order valence-corrected chi connectivity index (χ3v) is 3.11. The van der Waals surface area contributed by atoms with Gasteiger partial charge in [0.05, 0.1) is 13.3 Å². The van der Waals surface area contributed by atoms with Gasteiger partial charge in [-0.25, -0.2) is 0 Å². The Morgan fingerprint density at radius 2 is 2.33 bits per heavy atom. The lowest BCUT2D eigenvalue weighted by atomic mass is 10.2. The van der Waals surface area contributed by atoms with Crippen molar-refractivity contribution in [3.8, 4) is 17.2 Å². The van der Waals surface area contributed by atoms with Crippen molar-refractivity contribution < 1.29 is 14.2 Å². The van der Waals surface area contributed by atoms with Crippen LogP contribution in [0.25, 0.3) is 0 Å². The molecule has 7 heteroatoms. The molecule has 0 unspecified atom stereocenters. The Hall–Kier alpha value is -2.02. The van der Waals surface area contributed by atoms with Crippen LogP contribution in [0.2, 0.25) is 0 Å². The summed E-state index contributed by atoms with van der Waals surface area (Å²) < 4.78 is 16.0. The minimum atomic E-state index is 0.204. The number of methoxy groups -OCH3 is 1. The number of hydrogen-bond acceptors (Lipinski definition) is 5. The van der Waals surface area contributed by atoms with E-state index >= 15 is 0 Å². The van der Waals surface area contributed by atoms with Crippen LogP contribution in [-0.2, 0) is 0 Å². The van der Waals surface area contributed by atoms with Gasteiger partial charge in [0.15, 0.2) is 16.6 Å². The van der Waals surface area contributed by atoms with Crippen LogP contribution in [0.5, 0.6) is 17.2 Å². The number of ether oxygens (including phenoxy) is 3. The number of unbranched alkanes of at least 4 members (excludes halogenated alkanes) is 1. The molecule has 0 saturated carbocycles. The van der Waals surface area contributed by atoms with Crippen LogP contribution in [0, 0.1) is 0 Å². The van der Waals surface area contributed by atoms with E-state index in [1.165, 1.54) is 0 Å². The first kappa shape index (κ1) is 15.4. The molecule has 6 nitrogen and oxygen atoms in total. The van der Waals surface area contributed by atoms with Gasteiger partial charge in [-0.05, 0) is 30.8 Å². The molecule has 0 bridgehead atoms. The highest BCUT2D eigenvalue weighted by atomic mass is 32.1. The fraction of sp³-hybridized carbons (Fsp3) is 0.429. The summed E-state index contributed by atoms with van der Waals surface area (Å²) in [4.78, 5) is 0. The SMILES string of the molecule is CCCCNC(=S)N/N=C\c1cc(OC)c2c(c1)OCO2. The van der Waals surface area contributed by atoms with Gasteiger partial charge in [0.2, 0.25) is 12.5 Å². The summed E-state index contributed by atoms with van der Waals surface area (Å²) in [5.41, 5.74) is 3.61. The second-order valence-corrected chi connectivity index (χ2v) is 4.84. The van der Waals surface area contributed by atoms with Crippen LogP contribution in [-0.4, -0.2) is 31.8 Å². The fourth-order valence-corrected chi connectivity index (χ4v) is 1.96. The average Bonchev–Trinajstić information content (AvgIpc) is 2.95. The molecule has 0 radical (unpaired) electrons. The molecule has 1 aromatic carbocycles. The molecule has 0 atom stereocenters. The highest BCUT2D eigenvalue weighted by molar-refractivity contribution is 7.80. The monoisotopic (exact) mass is 309 g/mol. The average molecular weight is 309 g/mol. The van der Waals surface area contributed by atoms with E-state index in [9.17, 15) is 0 Å². The van der Waals surface area contributed by atoms with Gasteiger partial charge < -0.3 is 19.5 Å². The maximum atomic E-state index is 5.35. The summed E-state index contributed by atoms with van der Waals surface area (Å²) >= 11 is 5.11. The van der Waals surface area contributed by atoms with Crippen LogP contribution in [0.15, 0.2) is 17.2 Å². The second-order valence-electron chi connectivity index (χ2n) is 4.44. The standard InChI is InChI=1S/C14H19N3O3S/c1-3-4-5-15-14(21)17-16-8-10-6-11(18-2)13-12(7-10)19-9-20-13/h6-8H,3-5,9H2,1-2H3,(H2,15,17,21)/b16-8-. The first-order valence-electron chi connectivity index (χ1n) is 6.79. The van der Waals surface area contributed by atoms with Crippen molar-refractivity contribution in [2.24, 2.45) is 5.10 Å². The van der Waals surface area contributed by atoms with Crippen molar-refractivity contribution >= 4 is 23.5 Å². The molecule has 0 aliphatic carbocycles. The second kappa shape index (κ2) is 7.68. The molecule has 21 heavy (non-hydrogen) atoms. The number of hydrogen-bond donors (Lipinski definition) is 2. The Kier molecular flexibility index (Phi) is 5.62. The van der Waals surface area contributed by atoms with Crippen molar-refractivity contribution in [1.29, 1.82) is 0 Å². The van der Waals surface area contributed by atoms with Crippen molar-refractivity contribution in [2.75, 3.05) is 20.4 Å². The molecule has 1 aromatic rings. The molecule has 0 fully saturated rings. The molecule has 0 saturated heterocycles. The maximum absolute atomic E-state index is 5.35. The Balaban J connectivity index is 1.93. The molecule has 114 valence electrons. The minimum Gasteiger partial charge on any atom is -0.493 e. The quantitative estimate of drug-likeness (QED) is 0.363. The van der Waals surface area contributed by atoms with Gasteiger partial charge in [-0.15, -0.1) is 0 Å². The van der Waals surface area contributed by atoms with Gasteiger partial charge in [-0.2, -0.15) is 5.10 Å². The molecule has 1 aliphatic heterocycles. The number of nitrogens with one attached hydrogen (secondary N) is 2. The molecule has 2 N–H and O–H groups in total. The number of thiocarbonyl (C=S) groups is 1. The van der Waals surface area contributed by atoms with Gasteiger partial charge in [0, 0.05) is 12.1 Å². The molecule has 1 heterocycles. The summed E-state index contributed by atoms with van der Waals surface area (Å²) in [7, 11) is 1.59. The van der Waals surface area contributed by atoms with Gasteiger partial charge >= 0.3 is 0 Å². The molecule has 0 spiro atoms. The van der Waals surface area contributed by atoms with Crippen LogP contribution < -0.4 is 25.0 Å². The number of fused-ring (bicyclic) bond motifs is 1. The lowest BCUT2D eigenvalue weighted by molar-refractivity contribution is 0.171. The minimum absolute atomic E-state index is 0.204. The lowest BCUT2D eigenvalue weighted by Crippen LogP contribution is -2.32. The third-order valence-electron chi connectivity index (χ3n) is 2.88. The third kappa shape index (κ3) is 4.22. The van der Waals surface area contributed by atoms with Crippen molar-refractivity contribution in [3.05, 3.63) is 17.7 Å². The first-order valence-corrected chi connectivity index (χ1v) is 7.20. The van der Waals surface area contributed by atoms with Gasteiger partial charge in [-0.1, -0.05) is 13.3 Å². The van der Waals surface area contributed by atoms with E-state index in [2.05, 4.69) is 22.8 Å². The van der Waals surface area contributed by atoms with E-state index in [0.717, 1.165) is 24.9 Å². The Labute approximate surface area is 129 Å². The summed E-state index contributed by atoms with van der Waals surface area (Å²) in [5.74, 6) is 1.90. The smallest absolute Gasteiger partial charge is 0.231 e. The zero-order valence-electron chi connectivity index (χ0n) is 12.1. The normalized spacial score (nSPS) is 12.5. The van der Waals surface area contributed by atoms with Crippen LogP contribution in [0.1, 0.15) is 25.3 Å². The highest BCUT2D eigenvalue weighted by Crippen LogP contribution is 2.41. The predicted molar refractivity (Wildman–Crippen MR) is 85.4 cm³/mol. The fourth-order valence-electron chi connectivity index (χ4n) is 1.81. The predicted octanol–water partition coefficient (Wildman–Crippen LogP) is 2.02. The van der Waals surface area contributed by atoms with Gasteiger partial charge in [0.25, 0.3) is 0 Å². The Morgan fingerprint density at radius 3 is 3.10 bits per heavy atom. The van der Waals surface area contributed by atoms with E-state index in [1.807, 2.05) is 12.1 Å². The summed E-state index contributed by atoms with van der Waals surface area (Å²) in [6.45, 7) is 3.18. The van der Waals surface area contributed by atoms with E-state index in [1.54, 1.807) is 13.3 Å². The topological polar surface area (TPSA) is 64.1 Å². The molecule has 0 aromatic heterocycles. The van der Waals surface area contributed by atoms with Crippen molar-refractivity contribution in [3.63, 3.8) is 0 Å².